The molecule has 1 aliphatic rings. The SMILES string of the molecule is C[C@H](Nc1nc(N2CCOCC2)cc(-n2c(C(F)F)nc3ccccc32)n1)C(=O)N(C)Cc1ccc(Cl)cc1. The van der Waals surface area contributed by atoms with E-state index in [1.54, 1.807) is 61.3 Å². The number of aromatic nitrogens is 4. The summed E-state index contributed by atoms with van der Waals surface area (Å²) in [7, 11) is 1.71. The molecule has 204 valence electrons. The molecule has 1 aliphatic heterocycles. The lowest BCUT2D eigenvalue weighted by Crippen LogP contribution is -2.39. The summed E-state index contributed by atoms with van der Waals surface area (Å²) in [4.78, 5) is 30.1. The van der Waals surface area contributed by atoms with Gasteiger partial charge in [-0.2, -0.15) is 9.97 Å². The smallest absolute Gasteiger partial charge is 0.296 e. The Hall–Kier alpha value is -3.83. The zero-order chi connectivity index (χ0) is 27.5. The predicted octanol–water partition coefficient (Wildman–Crippen LogP) is 4.70. The molecule has 0 saturated carbocycles. The number of likely N-dealkylation sites (N-methyl/N-ethyl adjacent to an activating group) is 1. The van der Waals surface area contributed by atoms with Crippen molar-refractivity contribution in [1.82, 2.24) is 24.4 Å². The number of halogens is 3. The third-order valence-electron chi connectivity index (χ3n) is 6.47. The van der Waals surface area contributed by atoms with Crippen LogP contribution in [-0.2, 0) is 16.1 Å². The molecule has 4 aromatic rings. The monoisotopic (exact) mass is 555 g/mol. The Morgan fingerprint density at radius 2 is 1.77 bits per heavy atom. The average molecular weight is 556 g/mol. The predicted molar refractivity (Wildman–Crippen MR) is 146 cm³/mol. The summed E-state index contributed by atoms with van der Waals surface area (Å²) in [5.41, 5.74) is 1.86. The van der Waals surface area contributed by atoms with Crippen molar-refractivity contribution < 1.29 is 18.3 Å². The zero-order valence-corrected chi connectivity index (χ0v) is 22.3. The van der Waals surface area contributed by atoms with Gasteiger partial charge in [-0.1, -0.05) is 35.9 Å². The first-order valence-corrected chi connectivity index (χ1v) is 12.9. The number of rotatable bonds is 8. The molecule has 0 radical (unpaired) electrons. The maximum Gasteiger partial charge on any atom is 0.296 e. The van der Waals surface area contributed by atoms with Gasteiger partial charge < -0.3 is 19.9 Å². The topological polar surface area (TPSA) is 88.4 Å². The fraction of sp³-hybridized carbons (Fsp3) is 0.333. The number of hydrogen-bond donors (Lipinski definition) is 1. The number of amides is 1. The van der Waals surface area contributed by atoms with E-state index in [0.29, 0.717) is 54.7 Å². The van der Waals surface area contributed by atoms with Crippen LogP contribution in [0, 0.1) is 0 Å². The third kappa shape index (κ3) is 5.94. The number of carbonyl (C=O) groups excluding carboxylic acids is 1. The van der Waals surface area contributed by atoms with Crippen molar-refractivity contribution >= 4 is 40.3 Å². The molecule has 12 heteroatoms. The second-order valence-corrected chi connectivity index (χ2v) is 9.73. The van der Waals surface area contributed by atoms with Crippen molar-refractivity contribution in [1.29, 1.82) is 0 Å². The normalized spacial score (nSPS) is 14.6. The molecular weight excluding hydrogens is 528 g/mol. The van der Waals surface area contributed by atoms with Crippen molar-refractivity contribution in [3.8, 4) is 5.82 Å². The quantitative estimate of drug-likeness (QED) is 0.337. The van der Waals surface area contributed by atoms with Crippen LogP contribution in [0.5, 0.6) is 0 Å². The van der Waals surface area contributed by atoms with E-state index in [1.165, 1.54) is 4.57 Å². The first-order chi connectivity index (χ1) is 18.8. The number of hydrogen-bond acceptors (Lipinski definition) is 7. The lowest BCUT2D eigenvalue weighted by atomic mass is 10.2. The van der Waals surface area contributed by atoms with Crippen LogP contribution in [0.4, 0.5) is 20.5 Å². The van der Waals surface area contributed by atoms with Gasteiger partial charge in [-0.25, -0.2) is 13.8 Å². The molecule has 39 heavy (non-hydrogen) atoms. The lowest BCUT2D eigenvalue weighted by Gasteiger charge is -2.29. The van der Waals surface area contributed by atoms with Crippen molar-refractivity contribution in [3.63, 3.8) is 0 Å². The van der Waals surface area contributed by atoms with Crippen molar-refractivity contribution in [2.75, 3.05) is 43.6 Å². The summed E-state index contributed by atoms with van der Waals surface area (Å²) in [5.74, 6) is 0.312. The Labute approximate surface area is 229 Å². The number of nitrogens with one attached hydrogen (secondary N) is 1. The van der Waals surface area contributed by atoms with Crippen molar-refractivity contribution in [2.24, 2.45) is 0 Å². The number of imidazole rings is 1. The van der Waals surface area contributed by atoms with Gasteiger partial charge in [-0.15, -0.1) is 0 Å². The van der Waals surface area contributed by atoms with E-state index in [2.05, 4.69) is 20.3 Å². The molecule has 1 saturated heterocycles. The Kier molecular flexibility index (Phi) is 7.89. The van der Waals surface area contributed by atoms with Gasteiger partial charge >= 0.3 is 0 Å². The highest BCUT2D eigenvalue weighted by atomic mass is 35.5. The second-order valence-electron chi connectivity index (χ2n) is 9.29. The van der Waals surface area contributed by atoms with Crippen LogP contribution in [0.3, 0.4) is 0 Å². The van der Waals surface area contributed by atoms with Gasteiger partial charge in [0.05, 0.1) is 24.2 Å². The Balaban J connectivity index is 1.47. The number of nitrogens with zero attached hydrogens (tertiary/aromatic N) is 6. The molecule has 3 heterocycles. The van der Waals surface area contributed by atoms with E-state index in [4.69, 9.17) is 16.3 Å². The molecule has 5 rings (SSSR count). The van der Waals surface area contributed by atoms with E-state index in [9.17, 15) is 13.6 Å². The molecule has 0 spiro atoms. The van der Waals surface area contributed by atoms with Gasteiger partial charge in [0.25, 0.3) is 6.43 Å². The standard InChI is InChI=1S/C27H28ClF2N7O2/c1-17(26(38)35(2)16-18-7-9-19(28)10-8-18)31-27-33-22(36-11-13-39-14-12-36)15-23(34-27)37-21-6-4-3-5-20(21)32-25(37)24(29)30/h3-10,15,17,24H,11-14,16H2,1-2H3,(H,31,33,34)/t17-/m0/s1. The van der Waals surface area contributed by atoms with Gasteiger partial charge in [-0.05, 0) is 36.8 Å². The Morgan fingerprint density at radius 3 is 2.49 bits per heavy atom. The molecule has 1 amide bonds. The second kappa shape index (κ2) is 11.5. The van der Waals surface area contributed by atoms with E-state index >= 15 is 0 Å². The van der Waals surface area contributed by atoms with E-state index in [-0.39, 0.29) is 17.7 Å². The number of morpholine rings is 1. The van der Waals surface area contributed by atoms with Gasteiger partial charge in [-0.3, -0.25) is 9.36 Å². The van der Waals surface area contributed by atoms with Crippen molar-refractivity contribution in [3.05, 3.63) is 71.0 Å². The number of ether oxygens (including phenoxy) is 1. The van der Waals surface area contributed by atoms with E-state index < -0.39 is 18.3 Å². The molecule has 1 N–H and O–H groups in total. The third-order valence-corrected chi connectivity index (χ3v) is 6.72. The van der Waals surface area contributed by atoms with E-state index in [1.807, 2.05) is 17.0 Å². The molecule has 0 unspecified atom stereocenters. The van der Waals surface area contributed by atoms with Crippen LogP contribution >= 0.6 is 11.6 Å². The Bertz CT molecular complexity index is 1460. The average Bonchev–Trinajstić information content (AvgIpc) is 3.34. The summed E-state index contributed by atoms with van der Waals surface area (Å²) < 4.78 is 35.0. The minimum atomic E-state index is -2.82. The van der Waals surface area contributed by atoms with Crippen LogP contribution in [0.2, 0.25) is 5.02 Å². The highest BCUT2D eigenvalue weighted by Crippen LogP contribution is 2.29. The molecular formula is C27H28ClF2N7O2. The number of carbonyl (C=O) groups is 1. The number of para-hydroxylation sites is 2. The van der Waals surface area contributed by atoms with Gasteiger partial charge in [0.15, 0.2) is 5.82 Å². The minimum Gasteiger partial charge on any atom is -0.378 e. The molecule has 0 aliphatic carbocycles. The van der Waals surface area contributed by atoms with Crippen LogP contribution < -0.4 is 10.2 Å². The highest BCUT2D eigenvalue weighted by Gasteiger charge is 2.25. The fourth-order valence-corrected chi connectivity index (χ4v) is 4.64. The fourth-order valence-electron chi connectivity index (χ4n) is 4.51. The van der Waals surface area contributed by atoms with Crippen molar-refractivity contribution in [2.45, 2.75) is 25.9 Å². The van der Waals surface area contributed by atoms with E-state index in [0.717, 1.165) is 5.56 Å². The summed E-state index contributed by atoms with van der Waals surface area (Å²) in [5, 5.41) is 3.70. The first-order valence-electron chi connectivity index (χ1n) is 12.5. The summed E-state index contributed by atoms with van der Waals surface area (Å²) in [6.45, 7) is 4.30. The highest BCUT2D eigenvalue weighted by molar-refractivity contribution is 6.30. The maximum atomic E-state index is 14.1. The number of alkyl halides is 2. The Morgan fingerprint density at radius 1 is 1.08 bits per heavy atom. The summed E-state index contributed by atoms with van der Waals surface area (Å²) in [6.07, 6.45) is -2.82. The number of benzene rings is 2. The molecule has 9 nitrogen and oxygen atoms in total. The summed E-state index contributed by atoms with van der Waals surface area (Å²) >= 11 is 5.97. The van der Waals surface area contributed by atoms with Crippen LogP contribution in [0.1, 0.15) is 24.7 Å². The number of anilines is 2. The van der Waals surface area contributed by atoms with Crippen LogP contribution in [-0.4, -0.2) is 69.7 Å². The molecule has 1 atom stereocenters. The molecule has 2 aromatic carbocycles. The molecule has 1 fully saturated rings. The first kappa shape index (κ1) is 26.8. The van der Waals surface area contributed by atoms with Gasteiger partial charge in [0, 0.05) is 37.8 Å². The largest absolute Gasteiger partial charge is 0.378 e. The lowest BCUT2D eigenvalue weighted by molar-refractivity contribution is -0.130. The maximum absolute atomic E-state index is 14.1. The van der Waals surface area contributed by atoms with Crippen LogP contribution in [0.15, 0.2) is 54.6 Å². The minimum absolute atomic E-state index is 0.146. The zero-order valence-electron chi connectivity index (χ0n) is 21.5. The van der Waals surface area contributed by atoms with Crippen LogP contribution in [0.25, 0.3) is 16.9 Å². The number of fused-ring (bicyclic) bond motifs is 1. The van der Waals surface area contributed by atoms with Gasteiger partial charge in [0.2, 0.25) is 11.9 Å². The summed E-state index contributed by atoms with van der Waals surface area (Å²) in [6, 6.07) is 15.1. The molecule has 0 bridgehead atoms. The van der Waals surface area contributed by atoms with Gasteiger partial charge in [0.1, 0.15) is 17.7 Å². The molecule has 2 aromatic heterocycles.